The van der Waals surface area contributed by atoms with Gasteiger partial charge in [-0.05, 0) is 83.5 Å². The van der Waals surface area contributed by atoms with Crippen LogP contribution in [-0.2, 0) is 19.1 Å². The van der Waals surface area contributed by atoms with Gasteiger partial charge in [0.2, 0.25) is 0 Å². The molecule has 0 spiro atoms. The van der Waals surface area contributed by atoms with Crippen LogP contribution in [0, 0.1) is 0 Å². The summed E-state index contributed by atoms with van der Waals surface area (Å²) in [5.41, 5.74) is 0. The monoisotopic (exact) mass is 697 g/mol. The van der Waals surface area contributed by atoms with Crippen LogP contribution in [0.5, 0.6) is 0 Å². The Kier molecular flexibility index (Phi) is 38.6. The number of unbranched alkanes of at least 4 members (excludes halogenated alkanes) is 16. The summed E-state index contributed by atoms with van der Waals surface area (Å²) in [6.45, 7) is 4.02. The van der Waals surface area contributed by atoms with Crippen molar-refractivity contribution in [2.75, 3.05) is 13.2 Å². The van der Waals surface area contributed by atoms with Crippen molar-refractivity contribution >= 4 is 11.9 Å². The zero-order valence-electron chi connectivity index (χ0n) is 32.4. The van der Waals surface area contributed by atoms with Gasteiger partial charge in [0, 0.05) is 12.8 Å². The topological polar surface area (TPSA) is 72.8 Å². The summed E-state index contributed by atoms with van der Waals surface area (Å²) < 4.78 is 10.6. The Morgan fingerprint density at radius 1 is 0.460 bits per heavy atom. The average molecular weight is 697 g/mol. The first-order chi connectivity index (χ1) is 24.6. The summed E-state index contributed by atoms with van der Waals surface area (Å²) in [5, 5.41) is 9.56. The van der Waals surface area contributed by atoms with Crippen LogP contribution in [0.3, 0.4) is 0 Å². The number of allylic oxidation sites excluding steroid dienone is 12. The molecule has 286 valence electrons. The Morgan fingerprint density at radius 3 is 1.26 bits per heavy atom. The first-order valence-electron chi connectivity index (χ1n) is 20.5. The Balaban J connectivity index is 3.66. The minimum atomic E-state index is -0.798. The summed E-state index contributed by atoms with van der Waals surface area (Å²) in [5.74, 6) is -0.665. The van der Waals surface area contributed by atoms with Crippen LogP contribution >= 0.6 is 0 Å². The third-order valence-corrected chi connectivity index (χ3v) is 8.47. The number of hydrogen-bond acceptors (Lipinski definition) is 5. The van der Waals surface area contributed by atoms with Crippen molar-refractivity contribution in [3.8, 4) is 0 Å². The van der Waals surface area contributed by atoms with Gasteiger partial charge in [-0.25, -0.2) is 0 Å². The van der Waals surface area contributed by atoms with Gasteiger partial charge in [0.15, 0.2) is 6.10 Å². The molecule has 0 aliphatic carbocycles. The van der Waals surface area contributed by atoms with Gasteiger partial charge in [0.1, 0.15) is 6.61 Å². The summed E-state index contributed by atoms with van der Waals surface area (Å²) >= 11 is 0. The highest BCUT2D eigenvalue weighted by atomic mass is 16.6. The third-order valence-electron chi connectivity index (χ3n) is 8.47. The molecule has 5 heteroatoms. The fraction of sp³-hybridized carbons (Fsp3) is 0.689. The van der Waals surface area contributed by atoms with Gasteiger partial charge in [0.05, 0.1) is 6.61 Å². The number of hydrogen-bond donors (Lipinski definition) is 1. The first-order valence-corrected chi connectivity index (χ1v) is 20.5. The number of ether oxygens (including phenoxy) is 2. The van der Waals surface area contributed by atoms with Gasteiger partial charge in [0.25, 0.3) is 0 Å². The van der Waals surface area contributed by atoms with E-state index < -0.39 is 6.10 Å². The Hall–Kier alpha value is -2.66. The Bertz CT molecular complexity index is 926. The van der Waals surface area contributed by atoms with E-state index in [0.29, 0.717) is 19.3 Å². The molecule has 0 aromatic heterocycles. The van der Waals surface area contributed by atoms with Crippen molar-refractivity contribution in [2.45, 2.75) is 187 Å². The largest absolute Gasteiger partial charge is 0.462 e. The first kappa shape index (κ1) is 47.3. The van der Waals surface area contributed by atoms with Crippen LogP contribution in [0.4, 0.5) is 0 Å². The van der Waals surface area contributed by atoms with Crippen LogP contribution < -0.4 is 0 Å². The molecule has 0 aromatic carbocycles. The van der Waals surface area contributed by atoms with Crippen molar-refractivity contribution < 1.29 is 24.2 Å². The highest BCUT2D eigenvalue weighted by Crippen LogP contribution is 2.13. The molecule has 0 aliphatic rings. The highest BCUT2D eigenvalue weighted by molar-refractivity contribution is 5.70. The number of rotatable bonds is 36. The molecule has 1 N–H and O–H groups in total. The molecule has 1 unspecified atom stereocenters. The fourth-order valence-electron chi connectivity index (χ4n) is 5.34. The lowest BCUT2D eigenvalue weighted by Gasteiger charge is -2.15. The van der Waals surface area contributed by atoms with E-state index in [1.807, 2.05) is 0 Å². The molecule has 5 nitrogen and oxygen atoms in total. The molecule has 0 saturated heterocycles. The normalized spacial score (nSPS) is 12.9. The van der Waals surface area contributed by atoms with Gasteiger partial charge in [-0.15, -0.1) is 0 Å². The molecular formula is C45H76O5. The quantitative estimate of drug-likeness (QED) is 0.0401. The van der Waals surface area contributed by atoms with Gasteiger partial charge in [-0.2, -0.15) is 0 Å². The van der Waals surface area contributed by atoms with Crippen LogP contribution in [0.1, 0.15) is 181 Å². The third kappa shape index (κ3) is 38.1. The van der Waals surface area contributed by atoms with E-state index in [9.17, 15) is 14.7 Å². The number of carbonyl (C=O) groups is 2. The average Bonchev–Trinajstić information content (AvgIpc) is 3.12. The second-order valence-corrected chi connectivity index (χ2v) is 13.4. The summed E-state index contributed by atoms with van der Waals surface area (Å²) in [6.07, 6.45) is 53.9. The summed E-state index contributed by atoms with van der Waals surface area (Å²) in [6, 6.07) is 0. The highest BCUT2D eigenvalue weighted by Gasteiger charge is 2.16. The Morgan fingerprint density at radius 2 is 0.820 bits per heavy atom. The lowest BCUT2D eigenvalue weighted by atomic mass is 10.1. The molecule has 0 aliphatic heterocycles. The predicted octanol–water partition coefficient (Wildman–Crippen LogP) is 13.0. The lowest BCUT2D eigenvalue weighted by Crippen LogP contribution is -2.28. The van der Waals surface area contributed by atoms with E-state index in [4.69, 9.17) is 9.47 Å². The maximum absolute atomic E-state index is 12.2. The molecule has 0 aromatic rings. The lowest BCUT2D eigenvalue weighted by molar-refractivity contribution is -0.161. The number of esters is 2. The van der Waals surface area contributed by atoms with Crippen LogP contribution in [0.25, 0.3) is 0 Å². The maximum Gasteiger partial charge on any atom is 0.306 e. The minimum absolute atomic E-state index is 0.0990. The fourth-order valence-corrected chi connectivity index (χ4v) is 5.34. The van der Waals surface area contributed by atoms with Crippen LogP contribution in [-0.4, -0.2) is 36.4 Å². The molecular weight excluding hydrogens is 620 g/mol. The van der Waals surface area contributed by atoms with Crippen LogP contribution in [0.15, 0.2) is 72.9 Å². The molecule has 0 bridgehead atoms. The SMILES string of the molecule is CCCCCC=CCC=CCC=CCC=CCCCC(=O)OCC(CO)OC(=O)CCCCCCCCCCCC=CCC=CCCCCC. The molecule has 1 atom stereocenters. The van der Waals surface area contributed by atoms with E-state index >= 15 is 0 Å². The molecule has 50 heavy (non-hydrogen) atoms. The molecule has 0 amide bonds. The van der Waals surface area contributed by atoms with E-state index in [2.05, 4.69) is 86.8 Å². The number of carbonyl (C=O) groups excluding carboxylic acids is 2. The van der Waals surface area contributed by atoms with E-state index in [0.717, 1.165) is 51.4 Å². The van der Waals surface area contributed by atoms with Crippen molar-refractivity contribution in [3.63, 3.8) is 0 Å². The maximum atomic E-state index is 12.2. The van der Waals surface area contributed by atoms with E-state index in [1.54, 1.807) is 0 Å². The van der Waals surface area contributed by atoms with Gasteiger partial charge < -0.3 is 14.6 Å². The zero-order valence-corrected chi connectivity index (χ0v) is 32.4. The van der Waals surface area contributed by atoms with E-state index in [-0.39, 0.29) is 25.2 Å². The Labute approximate surface area is 308 Å². The minimum Gasteiger partial charge on any atom is -0.462 e. The second kappa shape index (κ2) is 40.8. The smallest absolute Gasteiger partial charge is 0.306 e. The zero-order chi connectivity index (χ0) is 36.4. The molecule has 0 heterocycles. The summed E-state index contributed by atoms with van der Waals surface area (Å²) in [7, 11) is 0. The van der Waals surface area contributed by atoms with Crippen molar-refractivity contribution in [1.29, 1.82) is 0 Å². The summed E-state index contributed by atoms with van der Waals surface area (Å²) in [4.78, 5) is 24.3. The van der Waals surface area contributed by atoms with Crippen molar-refractivity contribution in [2.24, 2.45) is 0 Å². The van der Waals surface area contributed by atoms with Gasteiger partial charge in [-0.3, -0.25) is 9.59 Å². The van der Waals surface area contributed by atoms with Crippen LogP contribution in [0.2, 0.25) is 0 Å². The standard InChI is InChI=1S/C45H76O5/c1-3-5-7-9-11-13-15-17-19-21-22-24-26-28-30-32-34-36-38-40-45(48)50-43(41-46)42-49-44(47)39-37-35-33-31-29-27-25-23-20-18-16-14-12-10-8-6-4-2/h11-14,17-20,25,27,31,33,43,46H,3-10,15-16,21-24,26,28-30,32,34-42H2,1-2H3. The molecule has 0 saturated carbocycles. The molecule has 0 rings (SSSR count). The van der Waals surface area contributed by atoms with Gasteiger partial charge in [-0.1, -0.05) is 157 Å². The molecule has 0 fully saturated rings. The molecule has 0 radical (unpaired) electrons. The predicted molar refractivity (Wildman–Crippen MR) is 214 cm³/mol. The number of aliphatic hydroxyl groups excluding tert-OH is 1. The number of aliphatic hydroxyl groups is 1. The van der Waals surface area contributed by atoms with Gasteiger partial charge >= 0.3 is 11.9 Å². The van der Waals surface area contributed by atoms with E-state index in [1.165, 1.54) is 96.3 Å². The second-order valence-electron chi connectivity index (χ2n) is 13.4. The van der Waals surface area contributed by atoms with Crippen molar-refractivity contribution in [1.82, 2.24) is 0 Å². The van der Waals surface area contributed by atoms with Crippen molar-refractivity contribution in [3.05, 3.63) is 72.9 Å².